The van der Waals surface area contributed by atoms with Crippen LogP contribution in [0.5, 0.6) is 17.5 Å². The number of thioether (sulfide) groups is 1. The fourth-order valence-electron chi connectivity index (χ4n) is 5.02. The zero-order chi connectivity index (χ0) is 34.4. The number of hydrogen-bond acceptors (Lipinski definition) is 10. The zero-order valence-corrected chi connectivity index (χ0v) is 28.3. The molecule has 1 aliphatic rings. The van der Waals surface area contributed by atoms with Gasteiger partial charge in [0.05, 0.1) is 29.2 Å². The van der Waals surface area contributed by atoms with Gasteiger partial charge < -0.3 is 9.47 Å². The second kappa shape index (κ2) is 12.9. The maximum Gasteiger partial charge on any atom is 0.332 e. The Labute approximate surface area is 290 Å². The Hall–Kier alpha value is -4.96. The number of nitrogens with zero attached hydrogens (tertiary/aromatic N) is 6. The third-order valence-electron chi connectivity index (χ3n) is 7.44. The molecule has 2 aromatic heterocycles. The monoisotopic (exact) mass is 724 g/mol. The van der Waals surface area contributed by atoms with Crippen LogP contribution in [0.4, 0.5) is 11.4 Å². The van der Waals surface area contributed by atoms with Crippen molar-refractivity contribution in [2.45, 2.75) is 6.54 Å². The van der Waals surface area contributed by atoms with Crippen molar-refractivity contribution in [1.82, 2.24) is 18.7 Å². The second-order valence-corrected chi connectivity index (χ2v) is 12.9. The Kier molecular flexibility index (Phi) is 8.87. The van der Waals surface area contributed by atoms with Gasteiger partial charge in [-0.05, 0) is 47.5 Å². The lowest BCUT2D eigenvalue weighted by Gasteiger charge is -2.14. The summed E-state index contributed by atoms with van der Waals surface area (Å²) in [6, 6.07) is 15.5. The molecule has 0 bridgehead atoms. The van der Waals surface area contributed by atoms with Gasteiger partial charge >= 0.3 is 11.7 Å². The highest BCUT2D eigenvalue weighted by atomic mass is 35.5. The van der Waals surface area contributed by atoms with Crippen LogP contribution >= 0.6 is 47.2 Å². The SMILES string of the molecule is COc1cc(C=C2SC(=S)N(c3cccc([N+](=O)[O-])c3)C2=O)ccc1Oc1nc2c(c(=O)n(C)c(=O)n2C)n1Cc1ccc(Cl)cc1Cl. The lowest BCUT2D eigenvalue weighted by Crippen LogP contribution is -2.37. The smallest absolute Gasteiger partial charge is 0.332 e. The van der Waals surface area contributed by atoms with Crippen molar-refractivity contribution in [1.29, 1.82) is 0 Å². The van der Waals surface area contributed by atoms with Crippen molar-refractivity contribution in [3.8, 4) is 17.5 Å². The van der Waals surface area contributed by atoms with E-state index in [1.165, 1.54) is 53.4 Å². The Morgan fingerprint density at radius 3 is 2.50 bits per heavy atom. The maximum atomic E-state index is 13.3. The highest BCUT2D eigenvalue weighted by Crippen LogP contribution is 2.39. The number of nitro groups is 1. The number of hydrogen-bond donors (Lipinski definition) is 0. The Morgan fingerprint density at radius 1 is 1.02 bits per heavy atom. The van der Waals surface area contributed by atoms with Gasteiger partial charge in [-0.1, -0.05) is 65.4 Å². The molecule has 0 aliphatic carbocycles. The predicted octanol–water partition coefficient (Wildman–Crippen LogP) is 5.90. The molecule has 1 saturated heterocycles. The van der Waals surface area contributed by atoms with Crippen molar-refractivity contribution in [3.05, 3.63) is 118 Å². The van der Waals surface area contributed by atoms with Gasteiger partial charge in [-0.2, -0.15) is 4.98 Å². The molecule has 0 saturated carbocycles. The summed E-state index contributed by atoms with van der Waals surface area (Å²) in [6.07, 6.45) is 1.61. The summed E-state index contributed by atoms with van der Waals surface area (Å²) in [5.74, 6) is 0.0498. The van der Waals surface area contributed by atoms with Gasteiger partial charge in [0.2, 0.25) is 0 Å². The van der Waals surface area contributed by atoms with Gasteiger partial charge in [-0.25, -0.2) is 4.79 Å². The van der Waals surface area contributed by atoms with Gasteiger partial charge in [0, 0.05) is 36.3 Å². The number of anilines is 1. The molecule has 1 amide bonds. The number of benzene rings is 3. The van der Waals surface area contributed by atoms with Crippen LogP contribution in [0.15, 0.2) is 75.2 Å². The number of non-ortho nitro benzene ring substituents is 1. The van der Waals surface area contributed by atoms with Gasteiger partial charge in [0.1, 0.15) is 0 Å². The van der Waals surface area contributed by atoms with E-state index in [2.05, 4.69) is 4.98 Å². The fraction of sp³-hybridized carbons (Fsp3) is 0.129. The van der Waals surface area contributed by atoms with Crippen molar-refractivity contribution in [2.24, 2.45) is 14.1 Å². The van der Waals surface area contributed by atoms with Crippen LogP contribution in [0.2, 0.25) is 10.0 Å². The lowest BCUT2D eigenvalue weighted by molar-refractivity contribution is -0.384. The Morgan fingerprint density at radius 2 is 1.79 bits per heavy atom. The van der Waals surface area contributed by atoms with E-state index in [0.717, 1.165) is 16.3 Å². The molecular formula is C31H22Cl2N6O7S2. The molecule has 13 nitrogen and oxygen atoms in total. The second-order valence-electron chi connectivity index (χ2n) is 10.4. The molecule has 0 radical (unpaired) electrons. The number of rotatable bonds is 8. The summed E-state index contributed by atoms with van der Waals surface area (Å²) < 4.78 is 15.8. The Balaban J connectivity index is 1.37. The normalized spacial score (nSPS) is 13.9. The average molecular weight is 726 g/mol. The molecule has 0 spiro atoms. The molecule has 1 aliphatic heterocycles. The topological polar surface area (TPSA) is 144 Å². The van der Waals surface area contributed by atoms with E-state index in [1.807, 2.05) is 0 Å². The van der Waals surface area contributed by atoms with Crippen molar-refractivity contribution < 1.29 is 19.2 Å². The number of carbonyl (C=O) groups is 1. The number of halogens is 2. The number of imidazole rings is 1. The predicted molar refractivity (Wildman–Crippen MR) is 188 cm³/mol. The summed E-state index contributed by atoms with van der Waals surface area (Å²) in [4.78, 5) is 56.1. The fourth-order valence-corrected chi connectivity index (χ4v) is 6.78. The van der Waals surface area contributed by atoms with E-state index >= 15 is 0 Å². The van der Waals surface area contributed by atoms with Crippen molar-refractivity contribution in [3.63, 3.8) is 0 Å². The first-order valence-electron chi connectivity index (χ1n) is 13.9. The van der Waals surface area contributed by atoms with E-state index < -0.39 is 22.1 Å². The summed E-state index contributed by atoms with van der Waals surface area (Å²) >= 11 is 19.0. The number of aromatic nitrogens is 4. The molecule has 244 valence electrons. The van der Waals surface area contributed by atoms with Crippen LogP contribution in [0.1, 0.15) is 11.1 Å². The van der Waals surface area contributed by atoms with Crippen LogP contribution < -0.4 is 25.6 Å². The largest absolute Gasteiger partial charge is 0.493 e. The third-order valence-corrected chi connectivity index (χ3v) is 9.32. The van der Waals surface area contributed by atoms with E-state index in [-0.39, 0.29) is 50.9 Å². The summed E-state index contributed by atoms with van der Waals surface area (Å²) in [5.41, 5.74) is 0.370. The molecule has 48 heavy (non-hydrogen) atoms. The summed E-state index contributed by atoms with van der Waals surface area (Å²) in [6.45, 7) is 0.0576. The van der Waals surface area contributed by atoms with Crippen LogP contribution in [0, 0.1) is 10.1 Å². The summed E-state index contributed by atoms with van der Waals surface area (Å²) in [7, 11) is 4.30. The summed E-state index contributed by atoms with van der Waals surface area (Å²) in [5, 5.41) is 12.0. The lowest BCUT2D eigenvalue weighted by atomic mass is 10.1. The molecule has 6 rings (SSSR count). The van der Waals surface area contributed by atoms with Crippen molar-refractivity contribution in [2.75, 3.05) is 12.0 Å². The number of nitro benzene ring substituents is 1. The molecule has 0 N–H and O–H groups in total. The standard InChI is InChI=1S/C31H22Cl2N6O7S2/c1-35-26-25(28(41)36(2)30(35)42)37(15-17-8-9-18(32)13-21(17)33)29(34-26)46-22-10-7-16(11-23(22)45-3)12-24-27(40)38(31(47)48-24)19-5-4-6-20(14-19)39(43)44/h4-14H,15H2,1-3H3. The highest BCUT2D eigenvalue weighted by Gasteiger charge is 2.34. The highest BCUT2D eigenvalue weighted by molar-refractivity contribution is 8.27. The zero-order valence-electron chi connectivity index (χ0n) is 25.2. The minimum atomic E-state index is -0.578. The van der Waals surface area contributed by atoms with Gasteiger partial charge in [-0.3, -0.25) is 38.3 Å². The number of amides is 1. The number of ether oxygens (including phenoxy) is 2. The maximum absolute atomic E-state index is 13.3. The first kappa shape index (κ1) is 33.0. The number of carbonyl (C=O) groups excluding carboxylic acids is 1. The van der Waals surface area contributed by atoms with E-state index in [4.69, 9.17) is 44.9 Å². The number of methoxy groups -OCH3 is 1. The van der Waals surface area contributed by atoms with Crippen LogP contribution in [-0.2, 0) is 25.4 Å². The van der Waals surface area contributed by atoms with Gasteiger partial charge in [0.25, 0.3) is 17.2 Å². The van der Waals surface area contributed by atoms with Crippen LogP contribution in [-0.4, -0.2) is 40.9 Å². The molecule has 0 unspecified atom stereocenters. The van der Waals surface area contributed by atoms with E-state index in [9.17, 15) is 24.5 Å². The molecule has 3 aromatic carbocycles. The van der Waals surface area contributed by atoms with Gasteiger partial charge in [0.15, 0.2) is 27.0 Å². The van der Waals surface area contributed by atoms with Crippen LogP contribution in [0.25, 0.3) is 17.2 Å². The molecule has 5 aromatic rings. The molecule has 0 atom stereocenters. The molecule has 3 heterocycles. The number of thiocarbonyl (C=S) groups is 1. The molecule has 17 heteroatoms. The van der Waals surface area contributed by atoms with E-state index in [1.54, 1.807) is 48.5 Å². The third kappa shape index (κ3) is 5.96. The average Bonchev–Trinajstić information content (AvgIpc) is 3.55. The molecular weight excluding hydrogens is 703 g/mol. The first-order valence-corrected chi connectivity index (χ1v) is 15.8. The minimum Gasteiger partial charge on any atom is -0.493 e. The minimum absolute atomic E-state index is 0.0156. The van der Waals surface area contributed by atoms with Gasteiger partial charge in [-0.15, -0.1) is 0 Å². The van der Waals surface area contributed by atoms with Crippen LogP contribution in [0.3, 0.4) is 0 Å². The van der Waals surface area contributed by atoms with Crippen molar-refractivity contribution >= 4 is 86.0 Å². The Bertz CT molecular complexity index is 2350. The number of fused-ring (bicyclic) bond motifs is 1. The molecule has 1 fully saturated rings. The quantitative estimate of drug-likeness (QED) is 0.0821. The first-order chi connectivity index (χ1) is 22.9. The van der Waals surface area contributed by atoms with E-state index in [0.29, 0.717) is 26.1 Å². The number of aryl methyl sites for hydroxylation is 1.